The highest BCUT2D eigenvalue weighted by Crippen LogP contribution is 2.16. The number of hydrogen-bond acceptors (Lipinski definition) is 5. The van der Waals surface area contributed by atoms with Gasteiger partial charge in [-0.25, -0.2) is 4.79 Å². The second-order valence-electron chi connectivity index (χ2n) is 4.90. The van der Waals surface area contributed by atoms with Crippen molar-refractivity contribution in [2.75, 3.05) is 7.11 Å². The van der Waals surface area contributed by atoms with Gasteiger partial charge in [0.25, 0.3) is 0 Å². The molecule has 0 aromatic heterocycles. The van der Waals surface area contributed by atoms with E-state index in [1.54, 1.807) is 12.1 Å². The second-order valence-corrected chi connectivity index (χ2v) is 4.90. The summed E-state index contributed by atoms with van der Waals surface area (Å²) in [4.78, 5) is 11.4. The van der Waals surface area contributed by atoms with Gasteiger partial charge in [-0.05, 0) is 53.9 Å². The lowest BCUT2D eigenvalue weighted by Gasteiger charge is -2.08. The molecule has 0 aliphatic rings. The van der Waals surface area contributed by atoms with Crippen LogP contribution in [0, 0.1) is 0 Å². The SMILES string of the molecule is CCC(=NO)c1ccc(OCc2ccc(C(=O)OC)cc2)cc1. The fourth-order valence-electron chi connectivity index (χ4n) is 2.10. The Morgan fingerprint density at radius 3 is 2.17 bits per heavy atom. The standard InChI is InChI=1S/C18H19NO4/c1-3-17(19-21)14-8-10-16(11-9-14)23-12-13-4-6-15(7-5-13)18(20)22-2/h4-11,21H,3,12H2,1-2H3. The minimum absolute atomic E-state index is 0.356. The number of rotatable bonds is 6. The van der Waals surface area contributed by atoms with Crippen LogP contribution in [0.4, 0.5) is 0 Å². The first-order valence-electron chi connectivity index (χ1n) is 7.29. The van der Waals surface area contributed by atoms with E-state index in [1.165, 1.54) is 7.11 Å². The molecular formula is C18H19NO4. The molecule has 120 valence electrons. The highest BCUT2D eigenvalue weighted by molar-refractivity contribution is 6.00. The van der Waals surface area contributed by atoms with E-state index in [1.807, 2.05) is 43.3 Å². The molecule has 0 saturated heterocycles. The Bertz CT molecular complexity index is 675. The molecule has 5 heteroatoms. The Labute approximate surface area is 135 Å². The number of methoxy groups -OCH3 is 1. The molecule has 2 rings (SSSR count). The van der Waals surface area contributed by atoms with Gasteiger partial charge in [-0.1, -0.05) is 24.2 Å². The van der Waals surface area contributed by atoms with Gasteiger partial charge in [0.1, 0.15) is 12.4 Å². The molecule has 5 nitrogen and oxygen atoms in total. The van der Waals surface area contributed by atoms with Gasteiger partial charge in [-0.3, -0.25) is 0 Å². The van der Waals surface area contributed by atoms with Crippen molar-refractivity contribution in [3.63, 3.8) is 0 Å². The Morgan fingerprint density at radius 1 is 1.04 bits per heavy atom. The van der Waals surface area contributed by atoms with Crippen molar-refractivity contribution in [2.24, 2.45) is 5.16 Å². The van der Waals surface area contributed by atoms with Gasteiger partial charge in [-0.2, -0.15) is 0 Å². The number of oxime groups is 1. The normalized spacial score (nSPS) is 11.1. The summed E-state index contributed by atoms with van der Waals surface area (Å²) in [5.74, 6) is 0.365. The first-order valence-corrected chi connectivity index (χ1v) is 7.29. The maximum absolute atomic E-state index is 11.4. The van der Waals surface area contributed by atoms with Crippen molar-refractivity contribution in [2.45, 2.75) is 20.0 Å². The van der Waals surface area contributed by atoms with E-state index < -0.39 is 0 Å². The first kappa shape index (κ1) is 16.5. The quantitative estimate of drug-likeness (QED) is 0.382. The predicted molar refractivity (Wildman–Crippen MR) is 87.2 cm³/mol. The van der Waals surface area contributed by atoms with Crippen molar-refractivity contribution in [1.29, 1.82) is 0 Å². The minimum atomic E-state index is -0.356. The number of carbonyl (C=O) groups excluding carboxylic acids is 1. The predicted octanol–water partition coefficient (Wildman–Crippen LogP) is 3.64. The van der Waals surface area contributed by atoms with E-state index in [2.05, 4.69) is 9.89 Å². The Kier molecular flexibility index (Phi) is 5.74. The van der Waals surface area contributed by atoms with Gasteiger partial charge in [-0.15, -0.1) is 0 Å². The number of carbonyl (C=O) groups is 1. The largest absolute Gasteiger partial charge is 0.489 e. The van der Waals surface area contributed by atoms with Crippen LogP contribution in [0.3, 0.4) is 0 Å². The highest BCUT2D eigenvalue weighted by atomic mass is 16.5. The first-order chi connectivity index (χ1) is 11.2. The molecule has 0 radical (unpaired) electrons. The Morgan fingerprint density at radius 2 is 1.65 bits per heavy atom. The van der Waals surface area contributed by atoms with Crippen LogP contribution in [0.2, 0.25) is 0 Å². The van der Waals surface area contributed by atoms with Gasteiger partial charge in [0.2, 0.25) is 0 Å². The zero-order valence-electron chi connectivity index (χ0n) is 13.2. The molecule has 0 heterocycles. The highest BCUT2D eigenvalue weighted by Gasteiger charge is 2.05. The van der Waals surface area contributed by atoms with Crippen LogP contribution in [-0.2, 0) is 11.3 Å². The van der Waals surface area contributed by atoms with Gasteiger partial charge in [0.05, 0.1) is 18.4 Å². The molecular weight excluding hydrogens is 294 g/mol. The number of benzene rings is 2. The third-order valence-corrected chi connectivity index (χ3v) is 3.42. The lowest BCUT2D eigenvalue weighted by atomic mass is 10.1. The van der Waals surface area contributed by atoms with E-state index in [9.17, 15) is 4.79 Å². The molecule has 0 unspecified atom stereocenters. The van der Waals surface area contributed by atoms with Crippen molar-refractivity contribution in [3.05, 3.63) is 65.2 Å². The monoisotopic (exact) mass is 313 g/mol. The van der Waals surface area contributed by atoms with Crippen LogP contribution in [0.15, 0.2) is 53.7 Å². The average molecular weight is 313 g/mol. The molecule has 0 atom stereocenters. The summed E-state index contributed by atoms with van der Waals surface area (Å²) in [6.45, 7) is 2.33. The molecule has 0 amide bonds. The van der Waals surface area contributed by atoms with Gasteiger partial charge >= 0.3 is 5.97 Å². The van der Waals surface area contributed by atoms with E-state index in [4.69, 9.17) is 9.94 Å². The summed E-state index contributed by atoms with van der Waals surface area (Å²) < 4.78 is 10.4. The summed E-state index contributed by atoms with van der Waals surface area (Å²) in [5.41, 5.74) is 2.96. The maximum atomic E-state index is 11.4. The minimum Gasteiger partial charge on any atom is -0.489 e. The summed E-state index contributed by atoms with van der Waals surface area (Å²) in [7, 11) is 1.36. The number of hydrogen-bond donors (Lipinski definition) is 1. The molecule has 2 aromatic carbocycles. The fourth-order valence-corrected chi connectivity index (χ4v) is 2.10. The summed E-state index contributed by atoms with van der Waals surface area (Å²) in [6, 6.07) is 14.4. The Balaban J connectivity index is 1.97. The van der Waals surface area contributed by atoms with Crippen molar-refractivity contribution >= 4 is 11.7 Å². The summed E-state index contributed by atoms with van der Waals surface area (Å²) in [5, 5.41) is 12.2. The number of nitrogens with zero attached hydrogens (tertiary/aromatic N) is 1. The summed E-state index contributed by atoms with van der Waals surface area (Å²) >= 11 is 0. The average Bonchev–Trinajstić information content (AvgIpc) is 2.62. The molecule has 2 aromatic rings. The van der Waals surface area contributed by atoms with Crippen LogP contribution < -0.4 is 4.74 Å². The van der Waals surface area contributed by atoms with Gasteiger partial charge in [0.15, 0.2) is 0 Å². The molecule has 0 spiro atoms. The lowest BCUT2D eigenvalue weighted by Crippen LogP contribution is -2.02. The topological polar surface area (TPSA) is 68.1 Å². The van der Waals surface area contributed by atoms with Crippen LogP contribution in [0.1, 0.15) is 34.8 Å². The van der Waals surface area contributed by atoms with E-state index >= 15 is 0 Å². The van der Waals surface area contributed by atoms with E-state index in [0.29, 0.717) is 24.3 Å². The number of ether oxygens (including phenoxy) is 2. The van der Waals surface area contributed by atoms with Crippen LogP contribution in [-0.4, -0.2) is 24.0 Å². The fraction of sp³-hybridized carbons (Fsp3) is 0.222. The lowest BCUT2D eigenvalue weighted by molar-refractivity contribution is 0.0600. The molecule has 0 fully saturated rings. The Hall–Kier alpha value is -2.82. The summed E-state index contributed by atoms with van der Waals surface area (Å²) in [6.07, 6.45) is 0.656. The van der Waals surface area contributed by atoms with Crippen molar-refractivity contribution < 1.29 is 19.5 Å². The van der Waals surface area contributed by atoms with Crippen LogP contribution in [0.25, 0.3) is 0 Å². The molecule has 0 aliphatic heterocycles. The second kappa shape index (κ2) is 7.98. The van der Waals surface area contributed by atoms with E-state index in [0.717, 1.165) is 16.9 Å². The molecule has 0 bridgehead atoms. The molecule has 0 saturated carbocycles. The molecule has 1 N–H and O–H groups in total. The van der Waals surface area contributed by atoms with Gasteiger partial charge < -0.3 is 14.7 Å². The van der Waals surface area contributed by atoms with Crippen LogP contribution >= 0.6 is 0 Å². The van der Waals surface area contributed by atoms with Gasteiger partial charge in [0, 0.05) is 0 Å². The molecule has 23 heavy (non-hydrogen) atoms. The van der Waals surface area contributed by atoms with Crippen molar-refractivity contribution in [1.82, 2.24) is 0 Å². The van der Waals surface area contributed by atoms with Crippen LogP contribution in [0.5, 0.6) is 5.75 Å². The zero-order valence-corrected chi connectivity index (χ0v) is 13.2. The third-order valence-electron chi connectivity index (χ3n) is 3.42. The smallest absolute Gasteiger partial charge is 0.337 e. The zero-order chi connectivity index (χ0) is 16.7. The third kappa shape index (κ3) is 4.32. The van der Waals surface area contributed by atoms with Crippen molar-refractivity contribution in [3.8, 4) is 5.75 Å². The van der Waals surface area contributed by atoms with E-state index in [-0.39, 0.29) is 5.97 Å². The number of esters is 1. The maximum Gasteiger partial charge on any atom is 0.337 e. The molecule has 0 aliphatic carbocycles.